The second-order valence-electron chi connectivity index (χ2n) is 11.5. The summed E-state index contributed by atoms with van der Waals surface area (Å²) in [6.07, 6.45) is -0.801. The first-order valence-corrected chi connectivity index (χ1v) is 14.7. The lowest BCUT2D eigenvalue weighted by Crippen LogP contribution is -2.47. The van der Waals surface area contributed by atoms with Gasteiger partial charge in [-0.3, -0.25) is 9.36 Å². The molecule has 0 unspecified atom stereocenters. The quantitative estimate of drug-likeness (QED) is 0.313. The van der Waals surface area contributed by atoms with Crippen molar-refractivity contribution in [1.82, 2.24) is 34.4 Å². The van der Waals surface area contributed by atoms with Gasteiger partial charge in [0, 0.05) is 12.1 Å². The monoisotopic (exact) mass is 634 g/mol. The molecule has 4 aromatic rings. The summed E-state index contributed by atoms with van der Waals surface area (Å²) in [4.78, 5) is 41.9. The topological polar surface area (TPSA) is 130 Å². The Hall–Kier alpha value is -5.16. The highest BCUT2D eigenvalue weighted by Gasteiger charge is 2.33. The number of likely N-dealkylation sites (N-methyl/N-ethyl adjacent to an activating group) is 1. The van der Waals surface area contributed by atoms with Gasteiger partial charge in [0.05, 0.1) is 52.7 Å². The first-order chi connectivity index (χ1) is 21.9. The fourth-order valence-electron chi connectivity index (χ4n) is 5.77. The molecular formula is C32H33F3N8O3. The van der Waals surface area contributed by atoms with Crippen molar-refractivity contribution in [2.45, 2.75) is 50.9 Å². The van der Waals surface area contributed by atoms with Gasteiger partial charge in [-0.1, -0.05) is 6.07 Å². The molecule has 2 heterocycles. The van der Waals surface area contributed by atoms with Crippen molar-refractivity contribution in [2.24, 2.45) is 0 Å². The minimum absolute atomic E-state index is 0.0371. The fraction of sp³-hybridized carbons (Fsp3) is 0.344. The molecule has 0 aliphatic heterocycles. The van der Waals surface area contributed by atoms with E-state index in [0.29, 0.717) is 42.6 Å². The lowest BCUT2D eigenvalue weighted by molar-refractivity contribution is -0.137. The third-order valence-electron chi connectivity index (χ3n) is 7.93. The predicted octanol–water partition coefficient (Wildman–Crippen LogP) is 4.24. The van der Waals surface area contributed by atoms with E-state index in [1.165, 1.54) is 23.0 Å². The third-order valence-corrected chi connectivity index (χ3v) is 7.93. The summed E-state index contributed by atoms with van der Waals surface area (Å²) in [5.74, 6) is -0.0843. The van der Waals surface area contributed by atoms with Gasteiger partial charge >= 0.3 is 17.9 Å². The summed E-state index contributed by atoms with van der Waals surface area (Å²) in [7, 11) is 3.61. The van der Waals surface area contributed by atoms with Crippen molar-refractivity contribution >= 4 is 11.9 Å². The van der Waals surface area contributed by atoms with Gasteiger partial charge in [0.1, 0.15) is 5.69 Å². The van der Waals surface area contributed by atoms with E-state index in [4.69, 9.17) is 0 Å². The summed E-state index contributed by atoms with van der Waals surface area (Å²) in [6.45, 7) is 1.82. The molecule has 46 heavy (non-hydrogen) atoms. The molecule has 11 nitrogen and oxygen atoms in total. The van der Waals surface area contributed by atoms with Gasteiger partial charge in [-0.15, -0.1) is 0 Å². The van der Waals surface area contributed by atoms with Crippen LogP contribution in [0.2, 0.25) is 0 Å². The number of alkyl halides is 3. The highest BCUT2D eigenvalue weighted by Crippen LogP contribution is 2.32. The molecule has 2 aromatic heterocycles. The van der Waals surface area contributed by atoms with Crippen molar-refractivity contribution in [3.63, 3.8) is 0 Å². The predicted molar refractivity (Wildman–Crippen MR) is 164 cm³/mol. The standard InChI is InChI=1S/C32H33F3N8O3/c1-20-29(27-15-16-37-43(27)25-13-7-21(18-36)8-14-25)42(31(46)41(20)26-6-4-5-22(17-26)32(33,34)35)30(45)39-24-11-9-23(10-12-24)38-28(44)19-40(2)3/h4-8,13-17,23-24H,9-12,19H2,1-3H3,(H,38,44)(H,39,45). The first kappa shape index (κ1) is 32.2. The fourth-order valence-corrected chi connectivity index (χ4v) is 5.77. The summed E-state index contributed by atoms with van der Waals surface area (Å²) in [6, 6.07) is 13.4. The summed E-state index contributed by atoms with van der Waals surface area (Å²) >= 11 is 0. The highest BCUT2D eigenvalue weighted by atomic mass is 19.4. The average Bonchev–Trinajstić information content (AvgIpc) is 3.59. The molecule has 14 heteroatoms. The Balaban J connectivity index is 1.52. The van der Waals surface area contributed by atoms with Crippen LogP contribution in [-0.4, -0.2) is 68.5 Å². The molecule has 0 atom stereocenters. The number of imidazole rings is 1. The number of nitriles is 1. The number of carbonyl (C=O) groups is 2. The summed E-state index contributed by atoms with van der Waals surface area (Å²) in [5.41, 5.74) is -0.162. The van der Waals surface area contributed by atoms with Crippen LogP contribution >= 0.6 is 0 Å². The SMILES string of the molecule is Cc1c(-c2ccnn2-c2ccc(C#N)cc2)n(C(=O)NC2CCC(NC(=O)CN(C)C)CC2)c(=O)n1-c1cccc(C(F)(F)F)c1. The van der Waals surface area contributed by atoms with Gasteiger partial charge in [0.25, 0.3) is 0 Å². The van der Waals surface area contributed by atoms with Crippen molar-refractivity contribution in [1.29, 1.82) is 5.26 Å². The number of hydrogen-bond acceptors (Lipinski definition) is 6. The molecule has 2 amide bonds. The van der Waals surface area contributed by atoms with Crippen molar-refractivity contribution in [3.8, 4) is 28.8 Å². The molecule has 1 aliphatic rings. The minimum Gasteiger partial charge on any atom is -0.352 e. The number of carbonyl (C=O) groups excluding carboxylic acids is 2. The molecule has 2 N–H and O–H groups in total. The van der Waals surface area contributed by atoms with Crippen LogP contribution in [0, 0.1) is 18.3 Å². The Labute approximate surface area is 262 Å². The van der Waals surface area contributed by atoms with Crippen LogP contribution in [0.25, 0.3) is 22.8 Å². The van der Waals surface area contributed by atoms with E-state index < -0.39 is 23.5 Å². The highest BCUT2D eigenvalue weighted by molar-refractivity contribution is 5.83. The van der Waals surface area contributed by atoms with Gasteiger partial charge in [0.2, 0.25) is 5.91 Å². The number of aromatic nitrogens is 4. The number of amides is 2. The Morgan fingerprint density at radius 1 is 1.00 bits per heavy atom. The average molecular weight is 635 g/mol. The van der Waals surface area contributed by atoms with E-state index in [1.54, 1.807) is 42.2 Å². The van der Waals surface area contributed by atoms with Crippen molar-refractivity contribution < 1.29 is 22.8 Å². The molecule has 0 spiro atoms. The molecule has 1 fully saturated rings. The van der Waals surface area contributed by atoms with Gasteiger partial charge < -0.3 is 15.5 Å². The van der Waals surface area contributed by atoms with Crippen LogP contribution in [0.4, 0.5) is 18.0 Å². The van der Waals surface area contributed by atoms with Crippen LogP contribution in [0.1, 0.15) is 42.5 Å². The molecule has 1 aliphatic carbocycles. The second-order valence-corrected chi connectivity index (χ2v) is 11.5. The van der Waals surface area contributed by atoms with Gasteiger partial charge in [-0.25, -0.2) is 18.8 Å². The normalized spacial score (nSPS) is 16.7. The first-order valence-electron chi connectivity index (χ1n) is 14.7. The molecule has 0 bridgehead atoms. The van der Waals surface area contributed by atoms with Crippen LogP contribution in [0.5, 0.6) is 0 Å². The van der Waals surface area contributed by atoms with Crippen LogP contribution < -0.4 is 16.3 Å². The van der Waals surface area contributed by atoms with E-state index in [2.05, 4.69) is 15.7 Å². The number of nitrogens with zero attached hydrogens (tertiary/aromatic N) is 6. The van der Waals surface area contributed by atoms with Crippen molar-refractivity contribution in [3.05, 3.63) is 88.1 Å². The van der Waals surface area contributed by atoms with Crippen molar-refractivity contribution in [2.75, 3.05) is 20.6 Å². The van der Waals surface area contributed by atoms with Gasteiger partial charge in [-0.2, -0.15) is 23.5 Å². The van der Waals surface area contributed by atoms with Crippen LogP contribution in [0.3, 0.4) is 0 Å². The number of rotatable bonds is 7. The maximum absolute atomic E-state index is 14.0. The smallest absolute Gasteiger partial charge is 0.352 e. The third kappa shape index (κ3) is 6.74. The maximum atomic E-state index is 14.0. The molecule has 0 saturated heterocycles. The molecule has 1 saturated carbocycles. The van der Waals surface area contributed by atoms with E-state index in [0.717, 1.165) is 21.3 Å². The van der Waals surface area contributed by atoms with Crippen LogP contribution in [0.15, 0.2) is 65.6 Å². The number of hydrogen-bond donors (Lipinski definition) is 2. The molecule has 0 radical (unpaired) electrons. The Kier molecular flexibility index (Phi) is 9.15. The Morgan fingerprint density at radius 3 is 2.26 bits per heavy atom. The van der Waals surface area contributed by atoms with E-state index in [1.807, 2.05) is 20.2 Å². The van der Waals surface area contributed by atoms with Crippen LogP contribution in [-0.2, 0) is 11.0 Å². The minimum atomic E-state index is -4.64. The second kappa shape index (κ2) is 13.1. The number of benzene rings is 2. The summed E-state index contributed by atoms with van der Waals surface area (Å²) < 4.78 is 44.3. The zero-order valence-electron chi connectivity index (χ0n) is 25.5. The number of nitrogens with one attached hydrogen (secondary N) is 2. The Morgan fingerprint density at radius 2 is 1.65 bits per heavy atom. The molecule has 2 aromatic carbocycles. The number of halogens is 3. The molecule has 5 rings (SSSR count). The van der Waals surface area contributed by atoms with E-state index in [-0.39, 0.29) is 41.6 Å². The molecular weight excluding hydrogens is 601 g/mol. The maximum Gasteiger partial charge on any atom is 0.416 e. The van der Waals surface area contributed by atoms with E-state index in [9.17, 15) is 32.8 Å². The van der Waals surface area contributed by atoms with E-state index >= 15 is 0 Å². The lowest BCUT2D eigenvalue weighted by Gasteiger charge is -2.30. The lowest BCUT2D eigenvalue weighted by atomic mass is 9.91. The molecule has 240 valence electrons. The summed E-state index contributed by atoms with van der Waals surface area (Å²) in [5, 5.41) is 19.5. The zero-order valence-corrected chi connectivity index (χ0v) is 25.5. The zero-order chi connectivity index (χ0) is 33.2. The van der Waals surface area contributed by atoms with Gasteiger partial charge in [0.15, 0.2) is 0 Å². The van der Waals surface area contributed by atoms with Gasteiger partial charge in [-0.05, 0) is 95.2 Å². The largest absolute Gasteiger partial charge is 0.416 e. The Bertz CT molecular complexity index is 1840.